The molecule has 0 fully saturated rings. The number of hydrogen-bond donors (Lipinski definition) is 2. The van der Waals surface area contributed by atoms with Gasteiger partial charge in [0.2, 0.25) is 5.91 Å². The molecule has 1 heterocycles. The van der Waals surface area contributed by atoms with Gasteiger partial charge < -0.3 is 15.5 Å². The highest BCUT2D eigenvalue weighted by atomic mass is 16.3. The van der Waals surface area contributed by atoms with Crippen molar-refractivity contribution in [2.45, 2.75) is 45.4 Å². The highest BCUT2D eigenvalue weighted by Gasteiger charge is 2.08. The summed E-state index contributed by atoms with van der Waals surface area (Å²) in [4.78, 5) is 16.2. The Morgan fingerprint density at radius 1 is 1.27 bits per heavy atom. The number of para-hydroxylation sites is 1. The molecule has 0 aliphatic rings. The molecule has 0 saturated carbocycles. The number of carbonyl (C=O) groups is 1. The summed E-state index contributed by atoms with van der Waals surface area (Å²) >= 11 is 0. The molecule has 0 unspecified atom stereocenters. The van der Waals surface area contributed by atoms with Gasteiger partial charge in [-0.1, -0.05) is 25.0 Å². The zero-order valence-electron chi connectivity index (χ0n) is 13.2. The Hall–Kier alpha value is -1.88. The van der Waals surface area contributed by atoms with Crippen molar-refractivity contribution >= 4 is 17.0 Å². The van der Waals surface area contributed by atoms with Crippen LogP contribution in [0.25, 0.3) is 11.1 Å². The number of benzene rings is 1. The van der Waals surface area contributed by atoms with E-state index < -0.39 is 0 Å². The van der Waals surface area contributed by atoms with Crippen LogP contribution < -0.4 is 11.1 Å². The lowest BCUT2D eigenvalue weighted by molar-refractivity contribution is -0.121. The first kappa shape index (κ1) is 16.5. The molecule has 1 aromatic heterocycles. The first-order valence-corrected chi connectivity index (χ1v) is 8.02. The van der Waals surface area contributed by atoms with Gasteiger partial charge in [-0.3, -0.25) is 4.79 Å². The van der Waals surface area contributed by atoms with E-state index in [-0.39, 0.29) is 5.91 Å². The summed E-state index contributed by atoms with van der Waals surface area (Å²) in [5.74, 6) is 0.771. The molecule has 0 atom stereocenters. The second kappa shape index (κ2) is 8.54. The number of aryl methyl sites for hydroxylation is 1. The lowest BCUT2D eigenvalue weighted by Gasteiger charge is -2.03. The van der Waals surface area contributed by atoms with Crippen molar-refractivity contribution in [2.75, 3.05) is 13.1 Å². The second-order valence-corrected chi connectivity index (χ2v) is 5.58. The SMILES string of the molecule is Cc1cccc2oc(CCNC(=O)CCCCCCN)nc12. The third-order valence-electron chi connectivity index (χ3n) is 3.68. The van der Waals surface area contributed by atoms with E-state index >= 15 is 0 Å². The van der Waals surface area contributed by atoms with Crippen LogP contribution in [0, 0.1) is 6.92 Å². The topological polar surface area (TPSA) is 81.2 Å². The van der Waals surface area contributed by atoms with E-state index in [4.69, 9.17) is 10.2 Å². The van der Waals surface area contributed by atoms with Crippen molar-refractivity contribution in [2.24, 2.45) is 5.73 Å². The Morgan fingerprint density at radius 2 is 2.09 bits per heavy atom. The summed E-state index contributed by atoms with van der Waals surface area (Å²) in [6.45, 7) is 3.31. The molecule has 0 aliphatic heterocycles. The van der Waals surface area contributed by atoms with Crippen LogP contribution in [0.4, 0.5) is 0 Å². The normalized spacial score (nSPS) is 11.0. The number of nitrogens with two attached hydrogens (primary N) is 1. The Labute approximate surface area is 131 Å². The van der Waals surface area contributed by atoms with Gasteiger partial charge in [0.25, 0.3) is 0 Å². The average Bonchev–Trinajstić information content (AvgIpc) is 2.91. The van der Waals surface area contributed by atoms with Crippen LogP contribution in [-0.2, 0) is 11.2 Å². The predicted octanol–water partition coefficient (Wildman–Crippen LogP) is 2.70. The summed E-state index contributed by atoms with van der Waals surface area (Å²) < 4.78 is 5.68. The van der Waals surface area contributed by atoms with Gasteiger partial charge in [-0.15, -0.1) is 0 Å². The minimum Gasteiger partial charge on any atom is -0.441 e. The van der Waals surface area contributed by atoms with Gasteiger partial charge >= 0.3 is 0 Å². The quantitative estimate of drug-likeness (QED) is 0.698. The van der Waals surface area contributed by atoms with Gasteiger partial charge in [0.15, 0.2) is 11.5 Å². The molecule has 2 aromatic rings. The summed E-state index contributed by atoms with van der Waals surface area (Å²) in [5.41, 5.74) is 8.25. The molecule has 1 amide bonds. The number of nitrogens with zero attached hydrogens (tertiary/aromatic N) is 1. The summed E-state index contributed by atoms with van der Waals surface area (Å²) in [5, 5.41) is 2.92. The molecule has 0 spiro atoms. The van der Waals surface area contributed by atoms with E-state index in [0.717, 1.165) is 48.9 Å². The number of aromatic nitrogens is 1. The number of unbranched alkanes of at least 4 members (excludes halogenated alkanes) is 3. The molecule has 120 valence electrons. The Balaban J connectivity index is 1.69. The monoisotopic (exact) mass is 303 g/mol. The number of oxazole rings is 1. The number of carbonyl (C=O) groups excluding carboxylic acids is 1. The van der Waals surface area contributed by atoms with Crippen molar-refractivity contribution < 1.29 is 9.21 Å². The standard InChI is InChI=1S/C17H25N3O2/c1-13-7-6-8-14-17(13)20-16(22-14)10-12-19-15(21)9-4-2-3-5-11-18/h6-8H,2-5,9-12,18H2,1H3,(H,19,21). The lowest BCUT2D eigenvalue weighted by Crippen LogP contribution is -2.25. The highest BCUT2D eigenvalue weighted by molar-refractivity contribution is 5.76. The van der Waals surface area contributed by atoms with Crippen molar-refractivity contribution in [3.05, 3.63) is 29.7 Å². The number of fused-ring (bicyclic) bond motifs is 1. The molecule has 3 N–H and O–H groups in total. The van der Waals surface area contributed by atoms with E-state index in [1.807, 2.05) is 25.1 Å². The molecular formula is C17H25N3O2. The van der Waals surface area contributed by atoms with Crippen LogP contribution in [0.1, 0.15) is 43.6 Å². The fourth-order valence-electron chi connectivity index (χ4n) is 2.42. The van der Waals surface area contributed by atoms with Crippen molar-refractivity contribution in [3.8, 4) is 0 Å². The average molecular weight is 303 g/mol. The minimum absolute atomic E-state index is 0.0973. The third kappa shape index (κ3) is 4.84. The van der Waals surface area contributed by atoms with Crippen LogP contribution in [0.3, 0.4) is 0 Å². The Morgan fingerprint density at radius 3 is 2.86 bits per heavy atom. The predicted molar refractivity (Wildman–Crippen MR) is 87.6 cm³/mol. The maximum Gasteiger partial charge on any atom is 0.220 e. The Bertz CT molecular complexity index is 607. The van der Waals surface area contributed by atoms with Crippen molar-refractivity contribution in [3.63, 3.8) is 0 Å². The first-order valence-electron chi connectivity index (χ1n) is 8.02. The van der Waals surface area contributed by atoms with Crippen LogP contribution in [0.15, 0.2) is 22.6 Å². The van der Waals surface area contributed by atoms with E-state index in [1.165, 1.54) is 0 Å². The zero-order chi connectivity index (χ0) is 15.8. The van der Waals surface area contributed by atoms with Gasteiger partial charge in [-0.05, 0) is 37.9 Å². The van der Waals surface area contributed by atoms with Crippen LogP contribution in [0.5, 0.6) is 0 Å². The molecule has 5 nitrogen and oxygen atoms in total. The van der Waals surface area contributed by atoms with E-state index in [2.05, 4.69) is 10.3 Å². The Kier molecular flexibility index (Phi) is 6.40. The van der Waals surface area contributed by atoms with Gasteiger partial charge in [-0.2, -0.15) is 0 Å². The third-order valence-corrected chi connectivity index (χ3v) is 3.68. The molecule has 22 heavy (non-hydrogen) atoms. The number of hydrogen-bond acceptors (Lipinski definition) is 4. The molecule has 1 aromatic carbocycles. The molecule has 2 rings (SSSR count). The number of nitrogens with one attached hydrogen (secondary N) is 1. The second-order valence-electron chi connectivity index (χ2n) is 5.58. The maximum absolute atomic E-state index is 11.7. The summed E-state index contributed by atoms with van der Waals surface area (Å²) in [7, 11) is 0. The molecule has 0 saturated heterocycles. The largest absolute Gasteiger partial charge is 0.441 e. The van der Waals surface area contributed by atoms with E-state index in [0.29, 0.717) is 25.3 Å². The smallest absolute Gasteiger partial charge is 0.220 e. The maximum atomic E-state index is 11.7. The van der Waals surface area contributed by atoms with Crippen LogP contribution in [0.2, 0.25) is 0 Å². The van der Waals surface area contributed by atoms with Crippen molar-refractivity contribution in [1.29, 1.82) is 0 Å². The highest BCUT2D eigenvalue weighted by Crippen LogP contribution is 2.18. The zero-order valence-corrected chi connectivity index (χ0v) is 13.2. The van der Waals surface area contributed by atoms with Crippen LogP contribution in [-0.4, -0.2) is 24.0 Å². The fourth-order valence-corrected chi connectivity index (χ4v) is 2.42. The molecule has 0 radical (unpaired) electrons. The number of rotatable bonds is 9. The van der Waals surface area contributed by atoms with E-state index in [1.54, 1.807) is 0 Å². The van der Waals surface area contributed by atoms with E-state index in [9.17, 15) is 4.79 Å². The fraction of sp³-hybridized carbons (Fsp3) is 0.529. The molecule has 5 heteroatoms. The van der Waals surface area contributed by atoms with Gasteiger partial charge in [0, 0.05) is 19.4 Å². The summed E-state index contributed by atoms with van der Waals surface area (Å²) in [6, 6.07) is 5.89. The van der Waals surface area contributed by atoms with Gasteiger partial charge in [-0.25, -0.2) is 4.98 Å². The molecule has 0 aliphatic carbocycles. The van der Waals surface area contributed by atoms with Gasteiger partial charge in [0.05, 0.1) is 0 Å². The first-order chi connectivity index (χ1) is 10.7. The molecular weight excluding hydrogens is 278 g/mol. The van der Waals surface area contributed by atoms with Crippen molar-refractivity contribution in [1.82, 2.24) is 10.3 Å². The summed E-state index contributed by atoms with van der Waals surface area (Å²) in [6.07, 6.45) is 5.33. The molecule has 0 bridgehead atoms. The van der Waals surface area contributed by atoms with Crippen LogP contribution >= 0.6 is 0 Å². The number of amides is 1. The lowest BCUT2D eigenvalue weighted by atomic mass is 10.1. The minimum atomic E-state index is 0.0973. The van der Waals surface area contributed by atoms with Gasteiger partial charge in [0.1, 0.15) is 5.52 Å².